The molecule has 10 heteroatoms. The Hall–Kier alpha value is -2.95. The second-order valence-corrected chi connectivity index (χ2v) is 9.64. The van der Waals surface area contributed by atoms with Gasteiger partial charge in [-0.2, -0.15) is 0 Å². The third-order valence-corrected chi connectivity index (χ3v) is 7.55. The van der Waals surface area contributed by atoms with Crippen molar-refractivity contribution in [3.05, 3.63) is 41.0 Å². The van der Waals surface area contributed by atoms with Crippen LogP contribution in [0, 0.1) is 0 Å². The fourth-order valence-corrected chi connectivity index (χ4v) is 5.51. The summed E-state index contributed by atoms with van der Waals surface area (Å²) in [6, 6.07) is 7.91. The quantitative estimate of drug-likeness (QED) is 0.355. The maximum Gasteiger partial charge on any atom is 0.203 e. The Bertz CT molecular complexity index is 1080. The van der Waals surface area contributed by atoms with Crippen LogP contribution in [0.5, 0.6) is 28.7 Å². The van der Waals surface area contributed by atoms with E-state index in [4.69, 9.17) is 40.6 Å². The molecule has 0 spiro atoms. The van der Waals surface area contributed by atoms with E-state index < -0.39 is 0 Å². The van der Waals surface area contributed by atoms with E-state index in [-0.39, 0.29) is 6.04 Å². The minimum Gasteiger partial charge on any atom is -0.493 e. The lowest BCUT2D eigenvalue weighted by Crippen LogP contribution is -2.46. The number of rotatable bonds is 10. The zero-order valence-electron chi connectivity index (χ0n) is 23.0. The minimum atomic E-state index is -0.188. The molecule has 2 aromatic rings. The number of benzene rings is 2. The molecule has 4 rings (SSSR count). The van der Waals surface area contributed by atoms with Crippen molar-refractivity contribution in [3.8, 4) is 28.7 Å². The molecule has 1 atom stereocenters. The molecule has 1 saturated heterocycles. The molecule has 2 aliphatic heterocycles. The maximum atomic E-state index is 5.97. The van der Waals surface area contributed by atoms with Gasteiger partial charge in [-0.1, -0.05) is 0 Å². The molecule has 0 radical (unpaired) electrons. The molecule has 0 amide bonds. The van der Waals surface area contributed by atoms with E-state index in [1.807, 2.05) is 12.1 Å². The number of hydrogen-bond acceptors (Lipinski definition) is 8. The summed E-state index contributed by atoms with van der Waals surface area (Å²) < 4.78 is 33.7. The summed E-state index contributed by atoms with van der Waals surface area (Å²) in [6.07, 6.45) is 1.83. The van der Waals surface area contributed by atoms with Crippen molar-refractivity contribution in [1.82, 2.24) is 15.1 Å². The molecule has 2 aliphatic rings. The number of morpholine rings is 1. The van der Waals surface area contributed by atoms with Crippen molar-refractivity contribution in [1.29, 1.82) is 0 Å². The van der Waals surface area contributed by atoms with Crippen LogP contribution in [0.15, 0.2) is 24.3 Å². The molecule has 2 heterocycles. The molecule has 0 unspecified atom stereocenters. The second kappa shape index (κ2) is 13.2. The Kier molecular flexibility index (Phi) is 9.76. The summed E-state index contributed by atoms with van der Waals surface area (Å²) in [5, 5.41) is 4.22. The van der Waals surface area contributed by atoms with Crippen LogP contribution in [0.2, 0.25) is 0 Å². The maximum absolute atomic E-state index is 5.97. The minimum absolute atomic E-state index is 0.188. The molecule has 0 aromatic heterocycles. The van der Waals surface area contributed by atoms with Crippen LogP contribution in [0.1, 0.15) is 29.2 Å². The lowest BCUT2D eigenvalue weighted by molar-refractivity contribution is 0.0375. The van der Waals surface area contributed by atoms with Gasteiger partial charge in [0.2, 0.25) is 5.75 Å². The average Bonchev–Trinajstić information content (AvgIpc) is 2.97. The fraction of sp³-hybridized carbons (Fsp3) is 0.536. The summed E-state index contributed by atoms with van der Waals surface area (Å²) in [6.45, 7) is 6.17. The molecule has 2 aromatic carbocycles. The standard InChI is InChI=1S/C28H39N3O6S/c1-32-22-15-19-7-10-31(28(38)29-8-6-9-30-11-13-37-14-12-30)26(21(19)18-23(22)33-2)20-16-24(34-3)27(36-5)25(17-20)35-4/h15-18,26H,6-14H2,1-5H3,(H,29,38)/t26-/m0/s1. The number of ether oxygens (including phenoxy) is 6. The first-order chi connectivity index (χ1) is 18.5. The Morgan fingerprint density at radius 3 is 2.11 bits per heavy atom. The number of fused-ring (bicyclic) bond motifs is 1. The van der Waals surface area contributed by atoms with Gasteiger partial charge < -0.3 is 38.6 Å². The van der Waals surface area contributed by atoms with Gasteiger partial charge in [-0.15, -0.1) is 0 Å². The van der Waals surface area contributed by atoms with Gasteiger partial charge in [0, 0.05) is 26.2 Å². The monoisotopic (exact) mass is 545 g/mol. The lowest BCUT2D eigenvalue weighted by atomic mass is 9.87. The summed E-state index contributed by atoms with van der Waals surface area (Å²) in [5.74, 6) is 3.14. The number of nitrogens with zero attached hydrogens (tertiary/aromatic N) is 2. The van der Waals surface area contributed by atoms with E-state index in [1.165, 1.54) is 5.56 Å². The highest BCUT2D eigenvalue weighted by atomic mass is 32.1. The third kappa shape index (κ3) is 6.03. The average molecular weight is 546 g/mol. The lowest BCUT2D eigenvalue weighted by Gasteiger charge is -2.40. The van der Waals surface area contributed by atoms with Crippen LogP contribution in [-0.4, -0.2) is 96.4 Å². The Labute approximate surface area is 230 Å². The van der Waals surface area contributed by atoms with Crippen LogP contribution in [-0.2, 0) is 11.2 Å². The van der Waals surface area contributed by atoms with Gasteiger partial charge >= 0.3 is 0 Å². The molecular weight excluding hydrogens is 506 g/mol. The predicted molar refractivity (Wildman–Crippen MR) is 150 cm³/mol. The Balaban J connectivity index is 1.65. The van der Waals surface area contributed by atoms with Crippen molar-refractivity contribution in [2.45, 2.75) is 18.9 Å². The first kappa shape index (κ1) is 28.1. The van der Waals surface area contributed by atoms with Crippen LogP contribution in [0.25, 0.3) is 0 Å². The summed E-state index contributed by atoms with van der Waals surface area (Å²) >= 11 is 5.97. The van der Waals surface area contributed by atoms with Crippen LogP contribution in [0.3, 0.4) is 0 Å². The molecule has 208 valence electrons. The van der Waals surface area contributed by atoms with Gasteiger partial charge in [0.1, 0.15) is 0 Å². The highest BCUT2D eigenvalue weighted by Crippen LogP contribution is 2.45. The molecular formula is C28H39N3O6S. The van der Waals surface area contributed by atoms with Gasteiger partial charge in [-0.3, -0.25) is 4.90 Å². The first-order valence-corrected chi connectivity index (χ1v) is 13.3. The Morgan fingerprint density at radius 2 is 1.50 bits per heavy atom. The van der Waals surface area contributed by atoms with E-state index >= 15 is 0 Å². The topological polar surface area (TPSA) is 73.9 Å². The first-order valence-electron chi connectivity index (χ1n) is 12.9. The van der Waals surface area contributed by atoms with Gasteiger partial charge in [-0.25, -0.2) is 0 Å². The molecule has 0 aliphatic carbocycles. The van der Waals surface area contributed by atoms with Crippen molar-refractivity contribution >= 4 is 17.3 Å². The molecule has 9 nitrogen and oxygen atoms in total. The predicted octanol–water partition coefficient (Wildman–Crippen LogP) is 3.27. The highest BCUT2D eigenvalue weighted by Gasteiger charge is 2.33. The number of thiocarbonyl (C=S) groups is 1. The molecule has 1 N–H and O–H groups in total. The van der Waals surface area contributed by atoms with Crippen LogP contribution in [0.4, 0.5) is 0 Å². The molecule has 0 bridgehead atoms. The van der Waals surface area contributed by atoms with Crippen molar-refractivity contribution in [2.75, 3.05) is 81.5 Å². The van der Waals surface area contributed by atoms with E-state index in [9.17, 15) is 0 Å². The van der Waals surface area contributed by atoms with Crippen molar-refractivity contribution in [3.63, 3.8) is 0 Å². The van der Waals surface area contributed by atoms with Gasteiger partial charge in [0.05, 0.1) is 54.8 Å². The Morgan fingerprint density at radius 1 is 0.868 bits per heavy atom. The number of hydrogen-bond donors (Lipinski definition) is 1. The second-order valence-electron chi connectivity index (χ2n) is 9.25. The number of methoxy groups -OCH3 is 5. The van der Waals surface area contributed by atoms with Gasteiger partial charge in [0.25, 0.3) is 0 Å². The van der Waals surface area contributed by atoms with Gasteiger partial charge in [-0.05, 0) is 72.6 Å². The summed E-state index contributed by atoms with van der Waals surface area (Å²) in [7, 11) is 8.17. The largest absolute Gasteiger partial charge is 0.493 e. The van der Waals surface area contributed by atoms with E-state index in [0.717, 1.165) is 69.9 Å². The smallest absolute Gasteiger partial charge is 0.203 e. The normalized spacial score (nSPS) is 17.4. The summed E-state index contributed by atoms with van der Waals surface area (Å²) in [4.78, 5) is 4.67. The summed E-state index contributed by atoms with van der Waals surface area (Å²) in [5.41, 5.74) is 3.26. The van der Waals surface area contributed by atoms with E-state index in [1.54, 1.807) is 35.5 Å². The number of nitrogens with one attached hydrogen (secondary N) is 1. The van der Waals surface area contributed by atoms with E-state index in [0.29, 0.717) is 33.9 Å². The molecule has 1 fully saturated rings. The third-order valence-electron chi connectivity index (χ3n) is 7.17. The molecule has 38 heavy (non-hydrogen) atoms. The van der Waals surface area contributed by atoms with Crippen LogP contribution < -0.4 is 29.0 Å². The zero-order valence-corrected chi connectivity index (χ0v) is 23.8. The van der Waals surface area contributed by atoms with Gasteiger partial charge in [0.15, 0.2) is 28.1 Å². The SMILES string of the molecule is COc1cc2c(cc1OC)[C@H](c1cc(OC)c(OC)c(OC)c1)N(C(=S)NCCCN1CCOCC1)CC2. The van der Waals surface area contributed by atoms with Crippen molar-refractivity contribution in [2.24, 2.45) is 0 Å². The highest BCUT2D eigenvalue weighted by molar-refractivity contribution is 7.80. The van der Waals surface area contributed by atoms with E-state index in [2.05, 4.69) is 27.2 Å². The molecule has 0 saturated carbocycles. The fourth-order valence-electron chi connectivity index (χ4n) is 5.21. The zero-order chi connectivity index (χ0) is 27.1. The van der Waals surface area contributed by atoms with Crippen molar-refractivity contribution < 1.29 is 28.4 Å². The van der Waals surface area contributed by atoms with Crippen LogP contribution >= 0.6 is 12.2 Å².